The Hall–Kier alpha value is -1.36. The average Bonchev–Trinajstić information content (AvgIpc) is 2.99. The number of nitrogens with one attached hydrogen (secondary N) is 1. The molecule has 1 aliphatic heterocycles. The number of ether oxygens (including phenoxy) is 1. The van der Waals surface area contributed by atoms with E-state index in [-0.39, 0.29) is 19.0 Å². The van der Waals surface area contributed by atoms with Crippen molar-refractivity contribution in [2.24, 2.45) is 0 Å². The van der Waals surface area contributed by atoms with Gasteiger partial charge in [-0.25, -0.2) is 4.98 Å². The number of aromatic amines is 1. The normalized spacial score (nSPS) is 27.3. The molecule has 5 N–H and O–H groups in total. The fourth-order valence-corrected chi connectivity index (χ4v) is 3.07. The number of anilines is 1. The summed E-state index contributed by atoms with van der Waals surface area (Å²) in [5.74, 6) is 0.148. The molecular weight excluding hydrogens is 345 g/mol. The summed E-state index contributed by atoms with van der Waals surface area (Å²) in [6.07, 6.45) is -0.375. The first-order chi connectivity index (χ1) is 10.7. The first kappa shape index (κ1) is 16.5. The minimum atomic E-state index is -3.63. The maximum absolute atomic E-state index is 11.2. The van der Waals surface area contributed by atoms with Crippen LogP contribution in [-0.2, 0) is 13.8 Å². The van der Waals surface area contributed by atoms with Crippen LogP contribution in [0.3, 0.4) is 0 Å². The highest BCUT2D eigenvalue weighted by atomic mass is 32.1. The number of imidazole rings is 1. The molecule has 1 fully saturated rings. The second-order valence-corrected chi connectivity index (χ2v) is 7.58. The van der Waals surface area contributed by atoms with Crippen LogP contribution >= 0.6 is 19.8 Å². The summed E-state index contributed by atoms with van der Waals surface area (Å²) < 4.78 is 23.7. The topological polar surface area (TPSA) is 149 Å². The SMILES string of the molecule is CP(=O)(O)OC[C@H]1O[C@@H](n2cnc3c(=S)[nH]c(N)nc32)C[C@H]1O. The van der Waals surface area contributed by atoms with Crippen molar-refractivity contribution in [2.45, 2.75) is 24.9 Å². The van der Waals surface area contributed by atoms with Gasteiger partial charge < -0.3 is 30.0 Å². The zero-order valence-electron chi connectivity index (χ0n) is 12.1. The van der Waals surface area contributed by atoms with E-state index in [1.54, 1.807) is 4.57 Å². The van der Waals surface area contributed by atoms with Crippen molar-refractivity contribution in [3.05, 3.63) is 11.0 Å². The lowest BCUT2D eigenvalue weighted by Crippen LogP contribution is -2.25. The van der Waals surface area contributed by atoms with Crippen LogP contribution in [0.2, 0.25) is 0 Å². The second kappa shape index (κ2) is 5.93. The summed E-state index contributed by atoms with van der Waals surface area (Å²) in [7, 11) is -3.63. The van der Waals surface area contributed by atoms with Crippen LogP contribution in [0.15, 0.2) is 6.33 Å². The summed E-state index contributed by atoms with van der Waals surface area (Å²) in [6.45, 7) is 0.883. The van der Waals surface area contributed by atoms with Crippen LogP contribution in [0.4, 0.5) is 5.95 Å². The Bertz CT molecular complexity index is 832. The Labute approximate surface area is 135 Å². The van der Waals surface area contributed by atoms with Gasteiger partial charge in [0.05, 0.1) is 19.0 Å². The number of nitrogens with zero attached hydrogens (tertiary/aromatic N) is 3. The van der Waals surface area contributed by atoms with E-state index in [4.69, 9.17) is 32.1 Å². The summed E-state index contributed by atoms with van der Waals surface area (Å²) in [5.41, 5.74) is 6.57. The second-order valence-electron chi connectivity index (χ2n) is 5.31. The molecule has 0 saturated carbocycles. The molecule has 4 atom stereocenters. The summed E-state index contributed by atoms with van der Waals surface area (Å²) in [6, 6.07) is 0. The number of fused-ring (bicyclic) bond motifs is 1. The monoisotopic (exact) mass is 361 g/mol. The highest BCUT2D eigenvalue weighted by Gasteiger charge is 2.36. The maximum atomic E-state index is 11.2. The van der Waals surface area contributed by atoms with Gasteiger partial charge in [-0.2, -0.15) is 4.98 Å². The lowest BCUT2D eigenvalue weighted by molar-refractivity contribution is -0.0394. The maximum Gasteiger partial charge on any atom is 0.325 e. The van der Waals surface area contributed by atoms with Gasteiger partial charge in [0.1, 0.15) is 22.5 Å². The lowest BCUT2D eigenvalue weighted by Gasteiger charge is -2.16. The van der Waals surface area contributed by atoms with Gasteiger partial charge in [0, 0.05) is 13.1 Å². The lowest BCUT2D eigenvalue weighted by atomic mass is 10.2. The van der Waals surface area contributed by atoms with Crippen LogP contribution in [0.25, 0.3) is 11.2 Å². The van der Waals surface area contributed by atoms with E-state index >= 15 is 0 Å². The number of H-pyrrole nitrogens is 1. The third kappa shape index (κ3) is 3.44. The van der Waals surface area contributed by atoms with Gasteiger partial charge in [0.15, 0.2) is 5.65 Å². The van der Waals surface area contributed by atoms with Crippen LogP contribution in [0.1, 0.15) is 12.6 Å². The molecular formula is C11H16N5O5PS. The van der Waals surface area contributed by atoms with Gasteiger partial charge in [-0.15, -0.1) is 0 Å². The summed E-state index contributed by atoms with van der Waals surface area (Å²) in [4.78, 5) is 20.2. The molecule has 3 rings (SSSR count). The molecule has 1 saturated heterocycles. The molecule has 0 amide bonds. The number of aliphatic hydroxyl groups excluding tert-OH is 1. The molecule has 0 aromatic carbocycles. The molecule has 12 heteroatoms. The van der Waals surface area contributed by atoms with E-state index in [2.05, 4.69) is 15.0 Å². The number of nitrogen functional groups attached to an aromatic ring is 1. The van der Waals surface area contributed by atoms with Crippen LogP contribution in [0.5, 0.6) is 0 Å². The van der Waals surface area contributed by atoms with Crippen LogP contribution < -0.4 is 5.73 Å². The molecule has 1 aliphatic rings. The zero-order chi connectivity index (χ0) is 16.8. The molecule has 23 heavy (non-hydrogen) atoms. The molecule has 3 heterocycles. The van der Waals surface area contributed by atoms with Gasteiger partial charge in [0.2, 0.25) is 5.95 Å². The van der Waals surface area contributed by atoms with Gasteiger partial charge in [0.25, 0.3) is 0 Å². The van der Waals surface area contributed by atoms with E-state index in [0.29, 0.717) is 15.8 Å². The number of aromatic nitrogens is 4. The summed E-state index contributed by atoms with van der Waals surface area (Å²) >= 11 is 5.14. The fraction of sp³-hybridized carbons (Fsp3) is 0.545. The Kier molecular flexibility index (Phi) is 4.25. The molecule has 126 valence electrons. The van der Waals surface area contributed by atoms with Crippen molar-refractivity contribution in [2.75, 3.05) is 19.0 Å². The number of aliphatic hydroxyl groups is 1. The molecule has 10 nitrogen and oxygen atoms in total. The molecule has 0 aliphatic carbocycles. The molecule has 0 radical (unpaired) electrons. The predicted octanol–water partition coefficient (Wildman–Crippen LogP) is 0.551. The molecule has 0 spiro atoms. The number of nitrogens with two attached hydrogens (primary N) is 1. The molecule has 2 aromatic rings. The van der Waals surface area contributed by atoms with Crippen molar-refractivity contribution in [3.63, 3.8) is 0 Å². The Morgan fingerprint density at radius 3 is 3.13 bits per heavy atom. The van der Waals surface area contributed by atoms with Crippen LogP contribution in [0, 0.1) is 4.64 Å². The van der Waals surface area contributed by atoms with Crippen molar-refractivity contribution >= 4 is 36.9 Å². The Balaban J connectivity index is 1.84. The van der Waals surface area contributed by atoms with Crippen molar-refractivity contribution in [1.29, 1.82) is 0 Å². The Morgan fingerprint density at radius 1 is 1.70 bits per heavy atom. The van der Waals surface area contributed by atoms with Crippen molar-refractivity contribution in [1.82, 2.24) is 19.5 Å². The Morgan fingerprint density at radius 2 is 2.43 bits per heavy atom. The highest BCUT2D eigenvalue weighted by molar-refractivity contribution is 7.71. The molecule has 2 aromatic heterocycles. The van der Waals surface area contributed by atoms with Gasteiger partial charge in [-0.3, -0.25) is 9.13 Å². The standard InChI is InChI=1S/C11H16N5O5PS/c1-22(18,19)20-3-6-5(17)2-7(21-6)16-4-13-8-9(16)14-11(12)15-10(8)23/h4-7,17H,2-3H2,1H3,(H,18,19)(H3,12,14,15,23)/t5-,6-,7-/m1/s1. The number of hydrogen-bond donors (Lipinski definition) is 4. The van der Waals surface area contributed by atoms with Gasteiger partial charge in [-0.1, -0.05) is 12.2 Å². The van der Waals surface area contributed by atoms with Crippen LogP contribution in [-0.4, -0.2) is 55.0 Å². The molecule has 1 unspecified atom stereocenters. The van der Waals surface area contributed by atoms with E-state index in [0.717, 1.165) is 6.66 Å². The quantitative estimate of drug-likeness (QED) is 0.452. The fourth-order valence-electron chi connectivity index (χ4n) is 2.40. The number of hydrogen-bond acceptors (Lipinski definition) is 8. The van der Waals surface area contributed by atoms with Crippen molar-refractivity contribution < 1.29 is 23.8 Å². The third-order valence-electron chi connectivity index (χ3n) is 3.44. The molecule has 0 bridgehead atoms. The first-order valence-corrected chi connectivity index (χ1v) is 9.18. The van der Waals surface area contributed by atoms with Gasteiger partial charge >= 0.3 is 7.60 Å². The third-order valence-corrected chi connectivity index (χ3v) is 4.37. The first-order valence-electron chi connectivity index (χ1n) is 6.75. The highest BCUT2D eigenvalue weighted by Crippen LogP contribution is 2.39. The van der Waals surface area contributed by atoms with E-state index in [1.807, 2.05) is 0 Å². The zero-order valence-corrected chi connectivity index (χ0v) is 13.8. The largest absolute Gasteiger partial charge is 0.390 e. The predicted molar refractivity (Wildman–Crippen MR) is 83.4 cm³/mol. The summed E-state index contributed by atoms with van der Waals surface area (Å²) in [5, 5.41) is 10.1. The minimum absolute atomic E-state index is 0.148. The average molecular weight is 361 g/mol. The minimum Gasteiger partial charge on any atom is -0.390 e. The van der Waals surface area contributed by atoms with Gasteiger partial charge in [-0.05, 0) is 0 Å². The van der Waals surface area contributed by atoms with Crippen molar-refractivity contribution in [3.8, 4) is 0 Å². The van der Waals surface area contributed by atoms with E-state index in [9.17, 15) is 9.67 Å². The smallest absolute Gasteiger partial charge is 0.325 e. The number of rotatable bonds is 4. The van der Waals surface area contributed by atoms with E-state index in [1.165, 1.54) is 6.33 Å². The van der Waals surface area contributed by atoms with E-state index < -0.39 is 26.0 Å².